The quantitative estimate of drug-likeness (QED) is 0.671. The molecule has 0 saturated heterocycles. The van der Waals surface area contributed by atoms with Gasteiger partial charge in [0, 0.05) is 0 Å². The highest BCUT2D eigenvalue weighted by Crippen LogP contribution is 2.26. The summed E-state index contributed by atoms with van der Waals surface area (Å²) in [6, 6.07) is 5.43. The minimum Gasteiger partial charge on any atom is -0.460 e. The van der Waals surface area contributed by atoms with Gasteiger partial charge in [0.2, 0.25) is 0 Å². The molecule has 0 bridgehead atoms. The summed E-state index contributed by atoms with van der Waals surface area (Å²) < 4.78 is 5.29. The Morgan fingerprint density at radius 2 is 2.06 bits per heavy atom. The third-order valence-corrected chi connectivity index (χ3v) is 2.83. The molecule has 2 N–H and O–H groups in total. The molecule has 18 heavy (non-hydrogen) atoms. The molecular formula is C14H20ClNO2. The molecule has 1 rings (SSSR count). The number of nitrogen functional groups attached to an aromatic ring is 1. The van der Waals surface area contributed by atoms with E-state index in [-0.39, 0.29) is 11.9 Å². The Morgan fingerprint density at radius 3 is 2.56 bits per heavy atom. The second kappa shape index (κ2) is 5.61. The van der Waals surface area contributed by atoms with E-state index in [0.717, 1.165) is 5.56 Å². The predicted molar refractivity (Wildman–Crippen MR) is 74.7 cm³/mol. The minimum absolute atomic E-state index is 0.0550. The number of benzene rings is 1. The van der Waals surface area contributed by atoms with Gasteiger partial charge in [-0.1, -0.05) is 24.6 Å². The number of ether oxygens (including phenoxy) is 1. The molecule has 1 atom stereocenters. The maximum absolute atomic E-state index is 11.7. The summed E-state index contributed by atoms with van der Waals surface area (Å²) in [5, 5.41) is 0.531. The van der Waals surface area contributed by atoms with Gasteiger partial charge >= 0.3 is 5.97 Å². The van der Waals surface area contributed by atoms with Crippen LogP contribution in [0.4, 0.5) is 5.69 Å². The third-order valence-electron chi connectivity index (χ3n) is 2.48. The number of esters is 1. The van der Waals surface area contributed by atoms with E-state index in [1.165, 1.54) is 0 Å². The number of halogens is 1. The molecule has 3 nitrogen and oxygen atoms in total. The van der Waals surface area contributed by atoms with E-state index >= 15 is 0 Å². The highest BCUT2D eigenvalue weighted by atomic mass is 35.5. The van der Waals surface area contributed by atoms with E-state index in [1.54, 1.807) is 12.1 Å². The topological polar surface area (TPSA) is 52.3 Å². The van der Waals surface area contributed by atoms with Gasteiger partial charge < -0.3 is 10.5 Å². The standard InChI is InChI=1S/C14H20ClNO2/c1-9(7-13(17)18-14(2,3)4)10-5-6-11(15)12(16)8-10/h5-6,8-9H,7,16H2,1-4H3/t9-/m0/s1. The summed E-state index contributed by atoms with van der Waals surface area (Å²) in [5.74, 6) is -0.150. The number of hydrogen-bond donors (Lipinski definition) is 1. The van der Waals surface area contributed by atoms with Crippen LogP contribution in [0.1, 0.15) is 45.6 Å². The van der Waals surface area contributed by atoms with Crippen molar-refractivity contribution >= 4 is 23.3 Å². The fourth-order valence-electron chi connectivity index (χ4n) is 1.62. The fourth-order valence-corrected chi connectivity index (χ4v) is 1.74. The minimum atomic E-state index is -0.449. The Bertz CT molecular complexity index is 438. The molecule has 0 fully saturated rings. The number of hydrogen-bond acceptors (Lipinski definition) is 3. The molecule has 1 aromatic rings. The lowest BCUT2D eigenvalue weighted by molar-refractivity contribution is -0.155. The Morgan fingerprint density at radius 1 is 1.44 bits per heavy atom. The van der Waals surface area contributed by atoms with Crippen LogP contribution < -0.4 is 5.73 Å². The van der Waals surface area contributed by atoms with E-state index in [9.17, 15) is 4.79 Å². The highest BCUT2D eigenvalue weighted by Gasteiger charge is 2.19. The molecule has 0 saturated carbocycles. The van der Waals surface area contributed by atoms with Gasteiger partial charge in [0.1, 0.15) is 5.60 Å². The van der Waals surface area contributed by atoms with Crippen molar-refractivity contribution in [1.82, 2.24) is 0 Å². The summed E-state index contributed by atoms with van der Waals surface area (Å²) in [6.07, 6.45) is 0.332. The van der Waals surface area contributed by atoms with Crippen molar-refractivity contribution in [1.29, 1.82) is 0 Å². The molecule has 4 heteroatoms. The number of carbonyl (C=O) groups is 1. The Balaban J connectivity index is 2.68. The summed E-state index contributed by atoms with van der Waals surface area (Å²) in [6.45, 7) is 7.54. The van der Waals surface area contributed by atoms with Crippen LogP contribution in [-0.2, 0) is 9.53 Å². The smallest absolute Gasteiger partial charge is 0.306 e. The van der Waals surface area contributed by atoms with Gasteiger partial charge in [-0.25, -0.2) is 0 Å². The average Bonchev–Trinajstić information content (AvgIpc) is 2.18. The zero-order valence-corrected chi connectivity index (χ0v) is 12.0. The van der Waals surface area contributed by atoms with Gasteiger partial charge in [-0.15, -0.1) is 0 Å². The molecule has 0 aliphatic heterocycles. The third kappa shape index (κ3) is 4.57. The normalized spacial score (nSPS) is 13.2. The Kier molecular flexibility index (Phi) is 4.63. The SMILES string of the molecule is C[C@@H](CC(=O)OC(C)(C)C)c1ccc(Cl)c(N)c1. The first-order valence-electron chi connectivity index (χ1n) is 5.96. The van der Waals surface area contributed by atoms with Crippen molar-refractivity contribution in [2.45, 2.75) is 45.6 Å². The van der Waals surface area contributed by atoms with E-state index in [4.69, 9.17) is 22.1 Å². The second-order valence-electron chi connectivity index (χ2n) is 5.47. The first-order chi connectivity index (χ1) is 8.19. The van der Waals surface area contributed by atoms with Crippen LogP contribution in [0, 0.1) is 0 Å². The largest absolute Gasteiger partial charge is 0.460 e. The van der Waals surface area contributed by atoms with Crippen LogP contribution >= 0.6 is 11.6 Å². The van der Waals surface area contributed by atoms with Crippen molar-refractivity contribution in [2.75, 3.05) is 5.73 Å². The molecule has 1 aromatic carbocycles. The molecule has 0 spiro atoms. The first kappa shape index (κ1) is 14.8. The number of nitrogens with two attached hydrogens (primary N) is 1. The predicted octanol–water partition coefficient (Wildman–Crippen LogP) is 3.76. The van der Waals surface area contributed by atoms with Crippen molar-refractivity contribution < 1.29 is 9.53 Å². The van der Waals surface area contributed by atoms with Crippen LogP contribution in [0.15, 0.2) is 18.2 Å². The highest BCUT2D eigenvalue weighted by molar-refractivity contribution is 6.33. The van der Waals surface area contributed by atoms with Crippen LogP contribution in [-0.4, -0.2) is 11.6 Å². The van der Waals surface area contributed by atoms with Crippen LogP contribution in [0.25, 0.3) is 0 Å². The summed E-state index contributed by atoms with van der Waals surface area (Å²) in [5.41, 5.74) is 6.82. The molecule has 0 aliphatic carbocycles. The van der Waals surface area contributed by atoms with Gasteiger partial charge in [-0.2, -0.15) is 0 Å². The fraction of sp³-hybridized carbons (Fsp3) is 0.500. The first-order valence-corrected chi connectivity index (χ1v) is 6.33. The number of anilines is 1. The van der Waals surface area contributed by atoms with E-state index in [0.29, 0.717) is 17.1 Å². The maximum atomic E-state index is 11.7. The van der Waals surface area contributed by atoms with E-state index in [1.807, 2.05) is 33.8 Å². The zero-order chi connectivity index (χ0) is 13.9. The van der Waals surface area contributed by atoms with Gasteiger partial charge in [-0.05, 0) is 44.4 Å². The second-order valence-corrected chi connectivity index (χ2v) is 5.88. The van der Waals surface area contributed by atoms with E-state index < -0.39 is 5.60 Å². The maximum Gasteiger partial charge on any atom is 0.306 e. The van der Waals surface area contributed by atoms with Crippen LogP contribution in [0.2, 0.25) is 5.02 Å². The zero-order valence-electron chi connectivity index (χ0n) is 11.3. The number of rotatable bonds is 3. The summed E-state index contributed by atoms with van der Waals surface area (Å²) in [4.78, 5) is 11.7. The summed E-state index contributed by atoms with van der Waals surface area (Å²) >= 11 is 5.86. The molecule has 0 aromatic heterocycles. The van der Waals surface area contributed by atoms with Crippen molar-refractivity contribution in [2.24, 2.45) is 0 Å². The Labute approximate surface area is 113 Å². The molecule has 100 valence electrons. The molecule has 0 amide bonds. The monoisotopic (exact) mass is 269 g/mol. The average molecular weight is 270 g/mol. The molecule has 0 heterocycles. The molecule has 0 unspecified atom stereocenters. The van der Waals surface area contributed by atoms with Crippen molar-refractivity contribution in [3.8, 4) is 0 Å². The van der Waals surface area contributed by atoms with Gasteiger partial charge in [0.15, 0.2) is 0 Å². The Hall–Kier alpha value is -1.22. The van der Waals surface area contributed by atoms with Gasteiger partial charge in [0.05, 0.1) is 17.1 Å². The number of carbonyl (C=O) groups excluding carboxylic acids is 1. The summed E-state index contributed by atoms with van der Waals surface area (Å²) in [7, 11) is 0. The van der Waals surface area contributed by atoms with Crippen molar-refractivity contribution in [3.63, 3.8) is 0 Å². The van der Waals surface area contributed by atoms with Gasteiger partial charge in [0.25, 0.3) is 0 Å². The van der Waals surface area contributed by atoms with Crippen molar-refractivity contribution in [3.05, 3.63) is 28.8 Å². The lowest BCUT2D eigenvalue weighted by atomic mass is 9.97. The van der Waals surface area contributed by atoms with Crippen LogP contribution in [0.5, 0.6) is 0 Å². The molecule has 0 radical (unpaired) electrons. The van der Waals surface area contributed by atoms with Crippen LogP contribution in [0.3, 0.4) is 0 Å². The van der Waals surface area contributed by atoms with Gasteiger partial charge in [-0.3, -0.25) is 4.79 Å². The lowest BCUT2D eigenvalue weighted by Gasteiger charge is -2.21. The molecular weight excluding hydrogens is 250 g/mol. The van der Waals surface area contributed by atoms with E-state index in [2.05, 4.69) is 0 Å². The lowest BCUT2D eigenvalue weighted by Crippen LogP contribution is -2.24. The molecule has 0 aliphatic rings.